The van der Waals surface area contributed by atoms with E-state index in [-0.39, 0.29) is 5.60 Å². The third-order valence-corrected chi connectivity index (χ3v) is 12.5. The zero-order chi connectivity index (χ0) is 18.8. The maximum absolute atomic E-state index is 6.71. The fourth-order valence-electron chi connectivity index (χ4n) is 4.63. The van der Waals surface area contributed by atoms with E-state index >= 15 is 0 Å². The highest BCUT2D eigenvalue weighted by Crippen LogP contribution is 2.50. The first-order valence-corrected chi connectivity index (χ1v) is 12.3. The van der Waals surface area contributed by atoms with Gasteiger partial charge in [-0.15, -0.1) is 0 Å². The van der Waals surface area contributed by atoms with Gasteiger partial charge in [0.1, 0.15) is 5.60 Å². The number of hydrogen-bond donors (Lipinski definition) is 0. The van der Waals surface area contributed by atoms with Crippen molar-refractivity contribution < 1.29 is 9.16 Å². The van der Waals surface area contributed by atoms with Gasteiger partial charge in [0, 0.05) is 11.6 Å². The van der Waals surface area contributed by atoms with Crippen LogP contribution in [0, 0.1) is 0 Å². The van der Waals surface area contributed by atoms with Gasteiger partial charge in [-0.3, -0.25) is 0 Å². The molecule has 0 heterocycles. The first-order valence-electron chi connectivity index (χ1n) is 9.39. The number of methoxy groups -OCH3 is 1. The van der Waals surface area contributed by atoms with Crippen molar-refractivity contribution in [2.75, 3.05) is 7.11 Å². The van der Waals surface area contributed by atoms with Crippen molar-refractivity contribution in [2.45, 2.75) is 76.6 Å². The van der Waals surface area contributed by atoms with Crippen molar-refractivity contribution in [1.29, 1.82) is 0 Å². The summed E-state index contributed by atoms with van der Waals surface area (Å²) < 4.78 is 13.8. The van der Waals surface area contributed by atoms with Crippen molar-refractivity contribution in [1.82, 2.24) is 0 Å². The van der Waals surface area contributed by atoms with Gasteiger partial charge in [-0.25, -0.2) is 0 Å². The first kappa shape index (κ1) is 20.7. The molecule has 1 aliphatic rings. The molecule has 1 saturated carbocycles. The van der Waals surface area contributed by atoms with Gasteiger partial charge in [-0.1, -0.05) is 69.6 Å². The minimum Gasteiger partial charge on any atom is -0.548 e. The second-order valence-electron chi connectivity index (χ2n) is 8.12. The van der Waals surface area contributed by atoms with Crippen LogP contribution in [0.5, 0.6) is 0 Å². The SMILES string of the molecule is COC1(c2ccc(Br)cc2)CC/C1=C\O[Si](C(C)C)(C(C)C)C(C)C. The van der Waals surface area contributed by atoms with E-state index in [0.717, 1.165) is 17.3 Å². The van der Waals surface area contributed by atoms with Gasteiger partial charge < -0.3 is 9.16 Å². The van der Waals surface area contributed by atoms with Crippen LogP contribution in [0.4, 0.5) is 0 Å². The molecule has 1 aliphatic carbocycles. The van der Waals surface area contributed by atoms with E-state index in [1.165, 1.54) is 11.1 Å². The molecule has 2 rings (SSSR count). The van der Waals surface area contributed by atoms with Crippen LogP contribution < -0.4 is 0 Å². The van der Waals surface area contributed by atoms with Crippen LogP contribution in [0.1, 0.15) is 59.9 Å². The molecule has 0 bridgehead atoms. The van der Waals surface area contributed by atoms with Gasteiger partial charge >= 0.3 is 0 Å². The number of halogens is 1. The monoisotopic (exact) mass is 424 g/mol. The minimum atomic E-state index is -1.90. The summed E-state index contributed by atoms with van der Waals surface area (Å²) in [5.74, 6) is 0. The van der Waals surface area contributed by atoms with Gasteiger partial charge in [0.25, 0.3) is 8.32 Å². The van der Waals surface area contributed by atoms with E-state index in [9.17, 15) is 0 Å². The molecular formula is C21H33BrO2Si. The zero-order valence-corrected chi connectivity index (χ0v) is 19.3. The molecule has 1 unspecified atom stereocenters. The lowest BCUT2D eigenvalue weighted by Crippen LogP contribution is -2.47. The Kier molecular flexibility index (Phi) is 6.61. The van der Waals surface area contributed by atoms with E-state index in [0.29, 0.717) is 16.6 Å². The average molecular weight is 425 g/mol. The van der Waals surface area contributed by atoms with E-state index in [4.69, 9.17) is 9.16 Å². The van der Waals surface area contributed by atoms with Crippen LogP contribution in [0.25, 0.3) is 0 Å². The number of hydrogen-bond acceptors (Lipinski definition) is 2. The fraction of sp³-hybridized carbons (Fsp3) is 0.619. The predicted molar refractivity (Wildman–Crippen MR) is 112 cm³/mol. The lowest BCUT2D eigenvalue weighted by atomic mass is 9.70. The predicted octanol–water partition coefficient (Wildman–Crippen LogP) is 7.16. The maximum Gasteiger partial charge on any atom is 0.257 e. The third-order valence-electron chi connectivity index (χ3n) is 6.04. The van der Waals surface area contributed by atoms with Crippen molar-refractivity contribution >= 4 is 24.2 Å². The smallest absolute Gasteiger partial charge is 0.257 e. The van der Waals surface area contributed by atoms with Crippen molar-refractivity contribution in [2.24, 2.45) is 0 Å². The maximum atomic E-state index is 6.71. The van der Waals surface area contributed by atoms with E-state index < -0.39 is 8.32 Å². The summed E-state index contributed by atoms with van der Waals surface area (Å²) in [5.41, 5.74) is 3.91. The molecule has 25 heavy (non-hydrogen) atoms. The lowest BCUT2D eigenvalue weighted by molar-refractivity contribution is -0.0277. The summed E-state index contributed by atoms with van der Waals surface area (Å²) in [5, 5.41) is 0. The van der Waals surface area contributed by atoms with Crippen molar-refractivity contribution in [3.63, 3.8) is 0 Å². The summed E-state index contributed by atoms with van der Waals surface area (Å²) in [4.78, 5) is 0. The summed E-state index contributed by atoms with van der Waals surface area (Å²) in [6.45, 7) is 13.9. The van der Waals surface area contributed by atoms with Crippen LogP contribution >= 0.6 is 15.9 Å². The largest absolute Gasteiger partial charge is 0.548 e. The molecule has 1 atom stereocenters. The lowest BCUT2D eigenvalue weighted by Gasteiger charge is -2.46. The highest BCUT2D eigenvalue weighted by Gasteiger charge is 2.48. The van der Waals surface area contributed by atoms with Gasteiger partial charge in [-0.2, -0.15) is 0 Å². The van der Waals surface area contributed by atoms with Crippen LogP contribution in [-0.4, -0.2) is 15.4 Å². The van der Waals surface area contributed by atoms with E-state index in [1.54, 1.807) is 0 Å². The second kappa shape index (κ2) is 7.97. The molecule has 0 spiro atoms. The average Bonchev–Trinajstić information content (AvgIpc) is 2.52. The van der Waals surface area contributed by atoms with Crippen molar-refractivity contribution in [3.8, 4) is 0 Å². The Morgan fingerprint density at radius 2 is 1.52 bits per heavy atom. The minimum absolute atomic E-state index is 0.314. The Morgan fingerprint density at radius 1 is 1.00 bits per heavy atom. The Hall–Kier alpha value is -0.583. The molecule has 0 amide bonds. The van der Waals surface area contributed by atoms with Gasteiger partial charge in [0.05, 0.1) is 6.26 Å². The summed E-state index contributed by atoms with van der Waals surface area (Å²) in [6, 6.07) is 8.47. The summed E-state index contributed by atoms with van der Waals surface area (Å²) in [6.07, 6.45) is 4.13. The normalized spacial score (nSPS) is 22.8. The molecule has 0 aliphatic heterocycles. The Bertz CT molecular complexity index is 581. The molecule has 4 heteroatoms. The molecule has 1 aromatic carbocycles. The molecule has 1 fully saturated rings. The molecule has 0 saturated heterocycles. The molecule has 1 aromatic rings. The van der Waals surface area contributed by atoms with Crippen molar-refractivity contribution in [3.05, 3.63) is 46.1 Å². The Balaban J connectivity index is 2.34. The third kappa shape index (κ3) is 3.63. The molecule has 2 nitrogen and oxygen atoms in total. The quantitative estimate of drug-likeness (QED) is 0.341. The van der Waals surface area contributed by atoms with Gasteiger partial charge in [0.15, 0.2) is 0 Å². The van der Waals surface area contributed by atoms with Crippen LogP contribution in [-0.2, 0) is 14.8 Å². The standard InChI is InChI=1S/C21H33BrO2Si/c1-15(2)25(16(3)4,17(5)6)24-14-19-12-13-21(19,23-7)18-8-10-20(22)11-9-18/h8-11,14-17H,12-13H2,1-7H3/b19-14+. The molecule has 0 N–H and O–H groups in total. The second-order valence-corrected chi connectivity index (χ2v) is 14.4. The van der Waals surface area contributed by atoms with Crippen LogP contribution in [0.15, 0.2) is 40.6 Å². The van der Waals surface area contributed by atoms with Crippen LogP contribution in [0.3, 0.4) is 0 Å². The first-order chi connectivity index (χ1) is 11.7. The number of ether oxygens (including phenoxy) is 1. The number of rotatable bonds is 7. The molecule has 140 valence electrons. The number of benzene rings is 1. The summed E-state index contributed by atoms with van der Waals surface area (Å²) in [7, 11) is -0.0848. The zero-order valence-electron chi connectivity index (χ0n) is 16.7. The molecular weight excluding hydrogens is 392 g/mol. The molecule has 0 aromatic heterocycles. The highest BCUT2D eigenvalue weighted by atomic mass is 79.9. The summed E-state index contributed by atoms with van der Waals surface area (Å²) >= 11 is 3.52. The van der Waals surface area contributed by atoms with E-state index in [1.807, 2.05) is 7.11 Å². The van der Waals surface area contributed by atoms with Crippen LogP contribution in [0.2, 0.25) is 16.6 Å². The highest BCUT2D eigenvalue weighted by molar-refractivity contribution is 9.10. The topological polar surface area (TPSA) is 18.5 Å². The van der Waals surface area contributed by atoms with Gasteiger partial charge in [0.2, 0.25) is 0 Å². The van der Waals surface area contributed by atoms with E-state index in [2.05, 4.69) is 88.0 Å². The molecule has 0 radical (unpaired) electrons. The Labute approximate surface area is 163 Å². The fourth-order valence-corrected chi connectivity index (χ4v) is 10.1. The van der Waals surface area contributed by atoms with Gasteiger partial charge in [-0.05, 0) is 52.7 Å². The Morgan fingerprint density at radius 3 is 1.88 bits per heavy atom.